The zero-order valence-electron chi connectivity index (χ0n) is 8.59. The fraction of sp³-hybridized carbons (Fsp3) is 0. The van der Waals surface area contributed by atoms with E-state index in [0.29, 0.717) is 5.69 Å². The molecule has 1 heterocycles. The van der Waals surface area contributed by atoms with Crippen molar-refractivity contribution < 1.29 is 9.84 Å². The molecule has 0 amide bonds. The summed E-state index contributed by atoms with van der Waals surface area (Å²) in [6, 6.07) is 6.48. The summed E-state index contributed by atoms with van der Waals surface area (Å²) in [5.41, 5.74) is 2.75. The second-order valence-corrected chi connectivity index (χ2v) is 3.45. The first-order valence-corrected chi connectivity index (χ1v) is 5.04. The number of rotatable bonds is 3. The molecule has 7 heteroatoms. The number of nitrogens with two attached hydrogens (primary N) is 1. The smallest absolute Gasteiger partial charge is 0.196 e. The molecule has 88 valence electrons. The molecule has 6 nitrogen and oxygen atoms in total. The first-order chi connectivity index (χ1) is 8.22. The molecule has 0 aliphatic carbocycles. The van der Waals surface area contributed by atoms with E-state index >= 15 is 0 Å². The summed E-state index contributed by atoms with van der Waals surface area (Å²) in [4.78, 5) is 0. The van der Waals surface area contributed by atoms with Gasteiger partial charge in [0.25, 0.3) is 0 Å². The second kappa shape index (κ2) is 4.86. The molecule has 2 aromatic rings. The highest BCUT2D eigenvalue weighted by Crippen LogP contribution is 2.37. The van der Waals surface area contributed by atoms with Crippen molar-refractivity contribution in [3.63, 3.8) is 0 Å². The highest BCUT2D eigenvalue weighted by molar-refractivity contribution is 6.31. The molecule has 0 saturated heterocycles. The van der Waals surface area contributed by atoms with Gasteiger partial charge in [-0.2, -0.15) is 5.10 Å². The van der Waals surface area contributed by atoms with Gasteiger partial charge in [-0.15, -0.1) is 5.10 Å². The van der Waals surface area contributed by atoms with Gasteiger partial charge in [0.2, 0.25) is 0 Å². The average Bonchev–Trinajstić information content (AvgIpc) is 2.34. The van der Waals surface area contributed by atoms with Crippen LogP contribution in [0.5, 0.6) is 17.2 Å². The van der Waals surface area contributed by atoms with Gasteiger partial charge in [-0.05, 0) is 12.1 Å². The van der Waals surface area contributed by atoms with Crippen LogP contribution in [0.4, 0.5) is 5.69 Å². The minimum Gasteiger partial charge on any atom is -0.504 e. The van der Waals surface area contributed by atoms with E-state index in [2.05, 4.69) is 15.6 Å². The molecule has 0 atom stereocenters. The SMILES string of the molecule is NNc1cnnc(Cl)c1Oc1ccccc1O. The number of hydrazine groups is 1. The zero-order chi connectivity index (χ0) is 12.3. The van der Waals surface area contributed by atoms with Crippen LogP contribution in [0.3, 0.4) is 0 Å². The van der Waals surface area contributed by atoms with Crippen LogP contribution in [0.1, 0.15) is 0 Å². The Kier molecular flexibility index (Phi) is 3.27. The monoisotopic (exact) mass is 252 g/mol. The molecule has 0 fully saturated rings. The van der Waals surface area contributed by atoms with Crippen LogP contribution in [0.2, 0.25) is 5.15 Å². The normalized spacial score (nSPS) is 10.0. The molecule has 0 spiro atoms. The fourth-order valence-corrected chi connectivity index (χ4v) is 1.39. The lowest BCUT2D eigenvalue weighted by atomic mass is 10.3. The van der Waals surface area contributed by atoms with Gasteiger partial charge in [0, 0.05) is 0 Å². The molecule has 0 bridgehead atoms. The van der Waals surface area contributed by atoms with Gasteiger partial charge in [0.15, 0.2) is 22.4 Å². The van der Waals surface area contributed by atoms with E-state index in [4.69, 9.17) is 22.2 Å². The van der Waals surface area contributed by atoms with Gasteiger partial charge in [-0.25, -0.2) is 0 Å². The largest absolute Gasteiger partial charge is 0.504 e. The Hall–Kier alpha value is -2.05. The molecule has 17 heavy (non-hydrogen) atoms. The number of nitrogen functional groups attached to an aromatic ring is 1. The Morgan fingerprint density at radius 3 is 2.82 bits per heavy atom. The number of phenolic OH excluding ortho intramolecular Hbond substituents is 1. The van der Waals surface area contributed by atoms with E-state index in [9.17, 15) is 5.11 Å². The van der Waals surface area contributed by atoms with Crippen LogP contribution in [0.25, 0.3) is 0 Å². The van der Waals surface area contributed by atoms with Crippen LogP contribution in [0.15, 0.2) is 30.5 Å². The summed E-state index contributed by atoms with van der Waals surface area (Å²) in [6.07, 6.45) is 1.36. The molecular formula is C10H9ClN4O2. The molecule has 2 rings (SSSR count). The Bertz CT molecular complexity index is 535. The minimum atomic E-state index is -0.0108. The lowest BCUT2D eigenvalue weighted by molar-refractivity contribution is 0.411. The van der Waals surface area contributed by atoms with Crippen molar-refractivity contribution in [3.8, 4) is 17.2 Å². The number of aromatic nitrogens is 2. The van der Waals surface area contributed by atoms with E-state index in [1.54, 1.807) is 18.2 Å². The zero-order valence-corrected chi connectivity index (χ0v) is 9.35. The molecule has 0 unspecified atom stereocenters. The Morgan fingerprint density at radius 1 is 1.35 bits per heavy atom. The first kappa shape index (κ1) is 11.4. The van der Waals surface area contributed by atoms with Crippen molar-refractivity contribution in [2.24, 2.45) is 5.84 Å². The predicted molar refractivity (Wildman–Crippen MR) is 63.0 cm³/mol. The first-order valence-electron chi connectivity index (χ1n) is 4.66. The number of nitrogens with one attached hydrogen (secondary N) is 1. The number of aromatic hydroxyl groups is 1. The van der Waals surface area contributed by atoms with Crippen LogP contribution >= 0.6 is 11.6 Å². The molecule has 0 aliphatic heterocycles. The summed E-state index contributed by atoms with van der Waals surface area (Å²) >= 11 is 5.83. The van der Waals surface area contributed by atoms with E-state index < -0.39 is 0 Å². The number of nitrogens with zero attached hydrogens (tertiary/aromatic N) is 2. The van der Waals surface area contributed by atoms with Gasteiger partial charge in [0.05, 0.1) is 6.20 Å². The quantitative estimate of drug-likeness (QED) is 0.571. The topological polar surface area (TPSA) is 93.3 Å². The molecule has 0 aliphatic rings. The lowest BCUT2D eigenvalue weighted by Crippen LogP contribution is -2.09. The fourth-order valence-electron chi connectivity index (χ4n) is 1.21. The molecule has 0 saturated carbocycles. The van der Waals surface area contributed by atoms with Crippen LogP contribution in [-0.4, -0.2) is 15.3 Å². The molecule has 1 aromatic carbocycles. The third-order valence-corrected chi connectivity index (χ3v) is 2.24. The number of ether oxygens (including phenoxy) is 1. The maximum atomic E-state index is 9.57. The van der Waals surface area contributed by atoms with Crippen LogP contribution in [0, 0.1) is 0 Å². The van der Waals surface area contributed by atoms with E-state index in [0.717, 1.165) is 0 Å². The summed E-state index contributed by atoms with van der Waals surface area (Å²) in [6.45, 7) is 0. The molecule has 4 N–H and O–H groups in total. The van der Waals surface area contributed by atoms with E-state index in [1.165, 1.54) is 12.3 Å². The van der Waals surface area contributed by atoms with Crippen molar-refractivity contribution in [1.82, 2.24) is 10.2 Å². The average molecular weight is 253 g/mol. The standard InChI is InChI=1S/C10H9ClN4O2/c11-10-9(6(14-12)5-13-15-10)17-8-4-2-1-3-7(8)16/h1-5,16H,12H2,(H,14,15). The van der Waals surface area contributed by atoms with Gasteiger partial charge in [-0.1, -0.05) is 23.7 Å². The predicted octanol–water partition coefficient (Wildman–Crippen LogP) is 1.91. The number of benzene rings is 1. The van der Waals surface area contributed by atoms with Crippen molar-refractivity contribution in [2.75, 3.05) is 5.43 Å². The summed E-state index contributed by atoms with van der Waals surface area (Å²) in [7, 11) is 0. The van der Waals surface area contributed by atoms with E-state index in [-0.39, 0.29) is 22.4 Å². The second-order valence-electron chi connectivity index (χ2n) is 3.09. The third kappa shape index (κ3) is 2.38. The van der Waals surface area contributed by atoms with Gasteiger partial charge >= 0.3 is 0 Å². The van der Waals surface area contributed by atoms with E-state index in [1.807, 2.05) is 0 Å². The molecule has 0 radical (unpaired) electrons. The maximum absolute atomic E-state index is 9.57. The van der Waals surface area contributed by atoms with Gasteiger partial charge in [-0.3, -0.25) is 5.84 Å². The Balaban J connectivity index is 2.39. The third-order valence-electron chi connectivity index (χ3n) is 2.00. The highest BCUT2D eigenvalue weighted by Gasteiger charge is 2.12. The number of halogens is 1. The van der Waals surface area contributed by atoms with Crippen molar-refractivity contribution in [1.29, 1.82) is 0 Å². The van der Waals surface area contributed by atoms with Crippen LogP contribution < -0.4 is 16.0 Å². The highest BCUT2D eigenvalue weighted by atomic mass is 35.5. The van der Waals surface area contributed by atoms with Crippen LogP contribution in [-0.2, 0) is 0 Å². The van der Waals surface area contributed by atoms with Gasteiger partial charge < -0.3 is 15.3 Å². The lowest BCUT2D eigenvalue weighted by Gasteiger charge is -2.11. The number of para-hydroxylation sites is 2. The summed E-state index contributed by atoms with van der Waals surface area (Å²) < 4.78 is 5.44. The summed E-state index contributed by atoms with van der Waals surface area (Å²) in [5, 5.41) is 16.9. The molecule has 1 aromatic heterocycles. The Labute approximate surface area is 102 Å². The Morgan fingerprint density at radius 2 is 2.12 bits per heavy atom. The summed E-state index contributed by atoms with van der Waals surface area (Å²) in [5.74, 6) is 5.73. The number of phenols is 1. The van der Waals surface area contributed by atoms with Crippen molar-refractivity contribution in [3.05, 3.63) is 35.6 Å². The minimum absolute atomic E-state index is 0.0108. The number of anilines is 1. The number of hydrogen-bond acceptors (Lipinski definition) is 6. The maximum Gasteiger partial charge on any atom is 0.196 e. The van der Waals surface area contributed by atoms with Crippen molar-refractivity contribution in [2.45, 2.75) is 0 Å². The van der Waals surface area contributed by atoms with Gasteiger partial charge in [0.1, 0.15) is 5.69 Å². The number of hydrogen-bond donors (Lipinski definition) is 3. The molecular weight excluding hydrogens is 244 g/mol. The van der Waals surface area contributed by atoms with Crippen molar-refractivity contribution >= 4 is 17.3 Å².